The van der Waals surface area contributed by atoms with Gasteiger partial charge in [-0.3, -0.25) is 0 Å². The van der Waals surface area contributed by atoms with Crippen LogP contribution in [0.15, 0.2) is 84.9 Å². The average molecular weight is 672 g/mol. The Balaban J connectivity index is 1.47. The van der Waals surface area contributed by atoms with Gasteiger partial charge in [-0.15, -0.1) is 0 Å². The highest BCUT2D eigenvalue weighted by molar-refractivity contribution is 5.99. The summed E-state index contributed by atoms with van der Waals surface area (Å²) >= 11 is 0. The summed E-state index contributed by atoms with van der Waals surface area (Å²) in [6, 6.07) is 30.8. The first-order valence-electron chi connectivity index (χ1n) is 17.9. The van der Waals surface area contributed by atoms with Gasteiger partial charge in [-0.1, -0.05) is 77.4 Å². The molecule has 251 valence electrons. The maximum absolute atomic E-state index is 5.48. The molecule has 1 aliphatic carbocycles. The van der Waals surface area contributed by atoms with Crippen LogP contribution in [0.4, 0.5) is 0 Å². The Morgan fingerprint density at radius 2 is 0.769 bits per heavy atom. The number of nitrogens with zero attached hydrogens (tertiary/aromatic N) is 2. The van der Waals surface area contributed by atoms with Crippen molar-refractivity contribution < 1.29 is 0 Å². The minimum absolute atomic E-state index is 0.917. The number of aromatic amines is 2. The predicted molar refractivity (Wildman–Crippen MR) is 218 cm³/mol. The molecule has 4 nitrogen and oxygen atoms in total. The smallest absolute Gasteiger partial charge is 0.0737 e. The van der Waals surface area contributed by atoms with E-state index >= 15 is 0 Å². The first kappa shape index (κ1) is 32.2. The summed E-state index contributed by atoms with van der Waals surface area (Å²) in [5.74, 6) is 1.12. The summed E-state index contributed by atoms with van der Waals surface area (Å²) in [4.78, 5) is 18.6. The molecular weight excluding hydrogens is 633 g/mol. The van der Waals surface area contributed by atoms with Crippen molar-refractivity contribution in [1.29, 1.82) is 0 Å². The monoisotopic (exact) mass is 671 g/mol. The summed E-state index contributed by atoms with van der Waals surface area (Å²) in [6.07, 6.45) is 17.1. The van der Waals surface area contributed by atoms with Gasteiger partial charge in [-0.25, -0.2) is 9.97 Å². The first-order valence-corrected chi connectivity index (χ1v) is 17.9. The van der Waals surface area contributed by atoms with Gasteiger partial charge in [0.05, 0.1) is 22.8 Å². The number of aromatic nitrogens is 4. The molecule has 3 aromatic heterocycles. The molecule has 0 atom stereocenters. The Morgan fingerprint density at radius 3 is 1.23 bits per heavy atom. The molecule has 1 saturated carbocycles. The van der Waals surface area contributed by atoms with Crippen molar-refractivity contribution >= 4 is 46.4 Å². The van der Waals surface area contributed by atoms with Crippen LogP contribution in [0.25, 0.3) is 79.8 Å². The van der Waals surface area contributed by atoms with Crippen molar-refractivity contribution in [3.63, 3.8) is 0 Å². The fourth-order valence-electron chi connectivity index (χ4n) is 7.94. The highest BCUT2D eigenvalue weighted by Gasteiger charge is 2.25. The predicted octanol–water partition coefficient (Wildman–Crippen LogP) is 12.0. The molecule has 3 aromatic carbocycles. The maximum Gasteiger partial charge on any atom is 0.0737 e. The van der Waals surface area contributed by atoms with Gasteiger partial charge in [0.15, 0.2) is 0 Å². The lowest BCUT2D eigenvalue weighted by atomic mass is 9.92. The number of nitrogens with one attached hydrogen (secondary N) is 2. The number of benzene rings is 3. The molecule has 1 fully saturated rings. The zero-order chi connectivity index (χ0) is 35.5. The van der Waals surface area contributed by atoms with Gasteiger partial charge in [-0.2, -0.15) is 0 Å². The van der Waals surface area contributed by atoms with Gasteiger partial charge in [0, 0.05) is 50.2 Å². The normalized spacial score (nSPS) is 14.1. The summed E-state index contributed by atoms with van der Waals surface area (Å²) in [5, 5.41) is 0. The van der Waals surface area contributed by atoms with Crippen LogP contribution in [0.3, 0.4) is 0 Å². The van der Waals surface area contributed by atoms with E-state index in [0.29, 0.717) is 0 Å². The molecule has 52 heavy (non-hydrogen) atoms. The Kier molecular flexibility index (Phi) is 7.92. The lowest BCUT2D eigenvalue weighted by Crippen LogP contribution is -1.99. The SMILES string of the molecule is Cc1ccc(-c2c3nc(c(-c4c(C)cc(C)cc4C)c4ccc([nH]4)c(-c4ccc(C)cc4)c4nc(c([C]5[CH][CH][CH][CH]5)c5ccc2[nH]5)C=C4)C=C3)cc1. The average Bonchev–Trinajstić information content (AvgIpc) is 3.98. The second kappa shape index (κ2) is 12.8. The van der Waals surface area contributed by atoms with Crippen LogP contribution in [-0.4, -0.2) is 19.9 Å². The van der Waals surface area contributed by atoms with E-state index in [1.807, 2.05) is 0 Å². The Hall–Kier alpha value is -5.74. The molecular formula is C48H39N4. The van der Waals surface area contributed by atoms with Crippen molar-refractivity contribution in [2.24, 2.45) is 0 Å². The second-order valence-electron chi connectivity index (χ2n) is 14.2. The van der Waals surface area contributed by atoms with Gasteiger partial charge in [0.25, 0.3) is 0 Å². The first-order chi connectivity index (χ1) is 25.3. The lowest BCUT2D eigenvalue weighted by Gasteiger charge is -2.13. The van der Waals surface area contributed by atoms with E-state index in [0.717, 1.165) is 84.1 Å². The van der Waals surface area contributed by atoms with Crippen LogP contribution in [0.1, 0.15) is 56.2 Å². The zero-order valence-corrected chi connectivity index (χ0v) is 30.1. The van der Waals surface area contributed by atoms with Crippen LogP contribution in [-0.2, 0) is 0 Å². The molecule has 5 radical (unpaired) electrons. The molecule has 5 heterocycles. The zero-order valence-electron chi connectivity index (χ0n) is 30.1. The molecule has 9 rings (SSSR count). The molecule has 4 heteroatoms. The summed E-state index contributed by atoms with van der Waals surface area (Å²) in [7, 11) is 0. The van der Waals surface area contributed by atoms with Gasteiger partial charge < -0.3 is 9.97 Å². The van der Waals surface area contributed by atoms with E-state index in [1.54, 1.807) is 0 Å². The third-order valence-electron chi connectivity index (χ3n) is 10.3. The van der Waals surface area contributed by atoms with Crippen molar-refractivity contribution in [2.45, 2.75) is 34.6 Å². The largest absolute Gasteiger partial charge is 0.355 e. The summed E-state index contributed by atoms with van der Waals surface area (Å²) in [5.41, 5.74) is 21.5. The molecule has 2 N–H and O–H groups in total. The lowest BCUT2D eigenvalue weighted by molar-refractivity contribution is 1.22. The van der Waals surface area contributed by atoms with Gasteiger partial charge >= 0.3 is 0 Å². The van der Waals surface area contributed by atoms with E-state index in [4.69, 9.17) is 9.97 Å². The fourth-order valence-corrected chi connectivity index (χ4v) is 7.94. The van der Waals surface area contributed by atoms with E-state index in [9.17, 15) is 0 Å². The van der Waals surface area contributed by atoms with Gasteiger partial charge in [0.1, 0.15) is 0 Å². The maximum atomic E-state index is 5.48. The molecule has 0 saturated heterocycles. The van der Waals surface area contributed by atoms with Crippen molar-refractivity contribution in [3.8, 4) is 33.4 Å². The molecule has 0 amide bonds. The second-order valence-corrected chi connectivity index (χ2v) is 14.2. The number of aryl methyl sites for hydroxylation is 5. The van der Waals surface area contributed by atoms with Gasteiger partial charge in [0.2, 0.25) is 0 Å². The number of fused-ring (bicyclic) bond motifs is 8. The van der Waals surface area contributed by atoms with Crippen LogP contribution in [0, 0.1) is 66.2 Å². The van der Waals surface area contributed by atoms with Crippen molar-refractivity contribution in [3.05, 3.63) is 173 Å². The van der Waals surface area contributed by atoms with Crippen LogP contribution >= 0.6 is 0 Å². The number of hydrogen-bond acceptors (Lipinski definition) is 2. The highest BCUT2D eigenvalue weighted by atomic mass is 14.8. The molecule has 0 spiro atoms. The minimum Gasteiger partial charge on any atom is -0.355 e. The quantitative estimate of drug-likeness (QED) is 0.196. The van der Waals surface area contributed by atoms with E-state index in [-0.39, 0.29) is 0 Å². The molecule has 3 aliphatic rings. The van der Waals surface area contributed by atoms with E-state index < -0.39 is 0 Å². The van der Waals surface area contributed by atoms with Crippen molar-refractivity contribution in [1.82, 2.24) is 19.9 Å². The topological polar surface area (TPSA) is 57.4 Å². The highest BCUT2D eigenvalue weighted by Crippen LogP contribution is 2.41. The van der Waals surface area contributed by atoms with E-state index in [1.165, 1.54) is 33.4 Å². The number of rotatable bonds is 4. The molecule has 8 bridgehead atoms. The van der Waals surface area contributed by atoms with Gasteiger partial charge in [-0.05, 0) is 137 Å². The van der Waals surface area contributed by atoms with Crippen LogP contribution in [0.2, 0.25) is 0 Å². The van der Waals surface area contributed by atoms with E-state index in [2.05, 4.69) is 180 Å². The number of H-pyrrole nitrogens is 2. The summed E-state index contributed by atoms with van der Waals surface area (Å²) < 4.78 is 0. The number of hydrogen-bond donors (Lipinski definition) is 2. The molecule has 6 aromatic rings. The van der Waals surface area contributed by atoms with Crippen molar-refractivity contribution in [2.75, 3.05) is 0 Å². The minimum atomic E-state index is 0.917. The third kappa shape index (κ3) is 5.63. The Labute approximate surface area is 306 Å². The molecule has 2 aliphatic heterocycles. The standard InChI is InChI=1S/C48H39N4/c1-28-10-14-34(15-11-28)46-38-20-18-36(49-38)45(33-8-6-7-9-33)37-19-21-39(50-37)47(35-16-12-29(2)13-17-35)41-23-25-43(52-41)48(42-24-22-40(46)51-42)44-31(4)26-30(3)27-32(44)5/h6-27,49,52H,1-5H3. The Morgan fingerprint density at radius 1 is 0.385 bits per heavy atom. The van der Waals surface area contributed by atoms with Crippen LogP contribution in [0.5, 0.6) is 0 Å². The summed E-state index contributed by atoms with van der Waals surface area (Å²) in [6.45, 7) is 10.8. The fraction of sp³-hybridized carbons (Fsp3) is 0.104. The van der Waals surface area contributed by atoms with Crippen LogP contribution < -0.4 is 0 Å². The third-order valence-corrected chi connectivity index (χ3v) is 10.3. The molecule has 0 unspecified atom stereocenters. The Bertz CT molecular complexity index is 2540.